The van der Waals surface area contributed by atoms with Crippen LogP contribution in [0.5, 0.6) is 0 Å². The number of sulfone groups is 1. The van der Waals surface area contributed by atoms with Crippen molar-refractivity contribution in [1.29, 1.82) is 0 Å². The molecule has 0 spiro atoms. The standard InChI is InChI=1S/C17H26N2O3S.ClH/c1-13(2)23(21,22)16-8-4-3-7-15(16)17(20)19-11-9-14-6-5-10-18-12-14;/h3-4,7-8,13-14,18H,5-6,9-12H2,1-2H3,(H,19,20);1H. The Morgan fingerprint density at radius 2 is 2.04 bits per heavy atom. The molecule has 7 heteroatoms. The zero-order valence-corrected chi connectivity index (χ0v) is 15.9. The molecule has 24 heavy (non-hydrogen) atoms. The van der Waals surface area contributed by atoms with Crippen LogP contribution in [0.2, 0.25) is 0 Å². The second-order valence-corrected chi connectivity index (χ2v) is 8.82. The first-order valence-electron chi connectivity index (χ1n) is 8.24. The number of carbonyl (C=O) groups is 1. The minimum Gasteiger partial charge on any atom is -0.352 e. The summed E-state index contributed by atoms with van der Waals surface area (Å²) in [7, 11) is -3.47. The van der Waals surface area contributed by atoms with Gasteiger partial charge in [0.25, 0.3) is 5.91 Å². The van der Waals surface area contributed by atoms with Crippen LogP contribution in [0, 0.1) is 5.92 Å². The van der Waals surface area contributed by atoms with Crippen molar-refractivity contribution >= 4 is 28.2 Å². The monoisotopic (exact) mass is 374 g/mol. The normalized spacial score (nSPS) is 18.0. The number of amides is 1. The molecule has 1 heterocycles. The summed E-state index contributed by atoms with van der Waals surface area (Å²) in [4.78, 5) is 12.5. The number of benzene rings is 1. The lowest BCUT2D eigenvalue weighted by Crippen LogP contribution is -2.33. The van der Waals surface area contributed by atoms with E-state index in [1.165, 1.54) is 18.9 Å². The van der Waals surface area contributed by atoms with Gasteiger partial charge in [0.15, 0.2) is 9.84 Å². The Bertz CT molecular complexity index is 641. The second-order valence-electron chi connectivity index (χ2n) is 6.35. The first kappa shape index (κ1) is 20.9. The van der Waals surface area contributed by atoms with Crippen LogP contribution in [0.1, 0.15) is 43.5 Å². The predicted octanol–water partition coefficient (Wildman–Crippen LogP) is 2.41. The quantitative estimate of drug-likeness (QED) is 0.801. The van der Waals surface area contributed by atoms with Gasteiger partial charge in [0.2, 0.25) is 0 Å². The summed E-state index contributed by atoms with van der Waals surface area (Å²) in [6, 6.07) is 6.43. The highest BCUT2D eigenvalue weighted by molar-refractivity contribution is 7.92. The maximum atomic E-state index is 12.4. The average molecular weight is 375 g/mol. The third-order valence-corrected chi connectivity index (χ3v) is 6.51. The number of halogens is 1. The molecule has 1 unspecified atom stereocenters. The number of rotatable bonds is 6. The largest absolute Gasteiger partial charge is 0.352 e. The van der Waals surface area contributed by atoms with Crippen molar-refractivity contribution < 1.29 is 13.2 Å². The van der Waals surface area contributed by atoms with Crippen LogP contribution in [0.4, 0.5) is 0 Å². The Kier molecular flexibility index (Phi) is 8.19. The molecule has 0 saturated carbocycles. The number of piperidine rings is 1. The molecule has 1 aliphatic heterocycles. The zero-order valence-electron chi connectivity index (χ0n) is 14.2. The molecule has 2 N–H and O–H groups in total. The van der Waals surface area contributed by atoms with Gasteiger partial charge in [-0.15, -0.1) is 12.4 Å². The molecule has 0 radical (unpaired) electrons. The molecule has 1 amide bonds. The molecule has 1 atom stereocenters. The van der Waals surface area contributed by atoms with E-state index in [-0.39, 0.29) is 28.8 Å². The van der Waals surface area contributed by atoms with Gasteiger partial charge in [-0.05, 0) is 64.3 Å². The molecule has 0 bridgehead atoms. The molecule has 1 saturated heterocycles. The van der Waals surface area contributed by atoms with E-state index in [2.05, 4.69) is 10.6 Å². The van der Waals surface area contributed by atoms with Crippen LogP contribution < -0.4 is 10.6 Å². The zero-order chi connectivity index (χ0) is 16.9. The molecule has 5 nitrogen and oxygen atoms in total. The van der Waals surface area contributed by atoms with E-state index in [0.717, 1.165) is 19.5 Å². The lowest BCUT2D eigenvalue weighted by atomic mass is 9.96. The summed E-state index contributed by atoms with van der Waals surface area (Å²) in [6.45, 7) is 5.89. The fourth-order valence-corrected chi connectivity index (χ4v) is 4.06. The van der Waals surface area contributed by atoms with Crippen molar-refractivity contribution in [3.05, 3.63) is 29.8 Å². The topological polar surface area (TPSA) is 75.3 Å². The van der Waals surface area contributed by atoms with Gasteiger partial charge in [0.05, 0.1) is 15.7 Å². The predicted molar refractivity (Wildman–Crippen MR) is 98.6 cm³/mol. The lowest BCUT2D eigenvalue weighted by molar-refractivity contribution is 0.0947. The van der Waals surface area contributed by atoms with Gasteiger partial charge >= 0.3 is 0 Å². The molecule has 1 aliphatic rings. The molecule has 1 fully saturated rings. The van der Waals surface area contributed by atoms with E-state index in [4.69, 9.17) is 0 Å². The summed E-state index contributed by atoms with van der Waals surface area (Å²) in [5.41, 5.74) is 0.239. The lowest BCUT2D eigenvalue weighted by Gasteiger charge is -2.22. The molecule has 0 aromatic heterocycles. The van der Waals surface area contributed by atoms with E-state index < -0.39 is 15.1 Å². The number of hydrogen-bond acceptors (Lipinski definition) is 4. The SMILES string of the molecule is CC(C)S(=O)(=O)c1ccccc1C(=O)NCCC1CCCNC1.Cl. The minimum atomic E-state index is -3.47. The fraction of sp³-hybridized carbons (Fsp3) is 0.588. The van der Waals surface area contributed by atoms with Crippen LogP contribution >= 0.6 is 12.4 Å². The number of nitrogens with one attached hydrogen (secondary N) is 2. The first-order valence-corrected chi connectivity index (χ1v) is 9.79. The molecule has 1 aromatic rings. The van der Waals surface area contributed by atoms with Crippen LogP contribution in [0.3, 0.4) is 0 Å². The Balaban J connectivity index is 0.00000288. The van der Waals surface area contributed by atoms with Crippen LogP contribution in [0.15, 0.2) is 29.2 Å². The van der Waals surface area contributed by atoms with Crippen LogP contribution in [-0.4, -0.2) is 39.2 Å². The number of hydrogen-bond donors (Lipinski definition) is 2. The van der Waals surface area contributed by atoms with E-state index >= 15 is 0 Å². The van der Waals surface area contributed by atoms with Crippen LogP contribution in [0.25, 0.3) is 0 Å². The molecule has 136 valence electrons. The van der Waals surface area contributed by atoms with Crippen molar-refractivity contribution in [3.63, 3.8) is 0 Å². The third kappa shape index (κ3) is 5.19. The summed E-state index contributed by atoms with van der Waals surface area (Å²) in [5, 5.41) is 5.67. The highest BCUT2D eigenvalue weighted by Crippen LogP contribution is 2.20. The fourth-order valence-electron chi connectivity index (χ4n) is 2.81. The van der Waals surface area contributed by atoms with Crippen molar-refractivity contribution in [2.24, 2.45) is 5.92 Å². The van der Waals surface area contributed by atoms with Crippen LogP contribution in [-0.2, 0) is 9.84 Å². The summed E-state index contributed by atoms with van der Waals surface area (Å²) >= 11 is 0. The van der Waals surface area contributed by atoms with Gasteiger partial charge in [-0.25, -0.2) is 8.42 Å². The summed E-state index contributed by atoms with van der Waals surface area (Å²) in [5.74, 6) is 0.271. The van der Waals surface area contributed by atoms with Gasteiger partial charge in [0.1, 0.15) is 0 Å². The van der Waals surface area contributed by atoms with E-state index in [9.17, 15) is 13.2 Å². The maximum absolute atomic E-state index is 12.4. The Labute approximate surface area is 150 Å². The van der Waals surface area contributed by atoms with Gasteiger partial charge in [-0.2, -0.15) is 0 Å². The van der Waals surface area contributed by atoms with Crippen molar-refractivity contribution in [3.8, 4) is 0 Å². The molecule has 2 rings (SSSR count). The van der Waals surface area contributed by atoms with Crippen molar-refractivity contribution in [2.75, 3.05) is 19.6 Å². The van der Waals surface area contributed by atoms with E-state index in [1.54, 1.807) is 32.0 Å². The third-order valence-electron chi connectivity index (χ3n) is 4.30. The van der Waals surface area contributed by atoms with E-state index in [0.29, 0.717) is 12.5 Å². The average Bonchev–Trinajstić information content (AvgIpc) is 2.55. The molecule has 1 aromatic carbocycles. The summed E-state index contributed by atoms with van der Waals surface area (Å²) < 4.78 is 24.8. The van der Waals surface area contributed by atoms with E-state index in [1.807, 2.05) is 0 Å². The Morgan fingerprint density at radius 1 is 1.33 bits per heavy atom. The Hall–Kier alpha value is -1.11. The Morgan fingerprint density at radius 3 is 2.67 bits per heavy atom. The highest BCUT2D eigenvalue weighted by atomic mass is 35.5. The van der Waals surface area contributed by atoms with Gasteiger partial charge < -0.3 is 10.6 Å². The van der Waals surface area contributed by atoms with Gasteiger partial charge in [-0.3, -0.25) is 4.79 Å². The highest BCUT2D eigenvalue weighted by Gasteiger charge is 2.25. The minimum absolute atomic E-state index is 0. The van der Waals surface area contributed by atoms with Gasteiger partial charge in [0, 0.05) is 6.54 Å². The summed E-state index contributed by atoms with van der Waals surface area (Å²) in [6.07, 6.45) is 3.27. The molecular formula is C17H27ClN2O3S. The molecule has 0 aliphatic carbocycles. The second kappa shape index (κ2) is 9.39. The smallest absolute Gasteiger partial charge is 0.252 e. The first-order chi connectivity index (χ1) is 10.9. The maximum Gasteiger partial charge on any atom is 0.252 e. The molecular weight excluding hydrogens is 348 g/mol. The van der Waals surface area contributed by atoms with Gasteiger partial charge in [-0.1, -0.05) is 12.1 Å². The number of carbonyl (C=O) groups excluding carboxylic acids is 1. The van der Waals surface area contributed by atoms with Crippen molar-refractivity contribution in [1.82, 2.24) is 10.6 Å². The van der Waals surface area contributed by atoms with Crippen molar-refractivity contribution in [2.45, 2.75) is 43.3 Å².